The molecule has 1 aromatic rings. The summed E-state index contributed by atoms with van der Waals surface area (Å²) in [6.07, 6.45) is 0.544. The Hall–Kier alpha value is -0.940. The molecule has 0 aliphatic heterocycles. The van der Waals surface area contributed by atoms with Crippen molar-refractivity contribution in [3.63, 3.8) is 0 Å². The molecular formula is C5H4Cl2N4O. The molecule has 0 N–H and O–H groups in total. The van der Waals surface area contributed by atoms with Gasteiger partial charge in [0.05, 0.1) is 0 Å². The number of amides is 1. The van der Waals surface area contributed by atoms with Gasteiger partial charge in [-0.25, -0.2) is 0 Å². The second-order valence-corrected chi connectivity index (χ2v) is 2.57. The van der Waals surface area contributed by atoms with Gasteiger partial charge >= 0.3 is 0 Å². The van der Waals surface area contributed by atoms with E-state index in [0.717, 1.165) is 4.90 Å². The summed E-state index contributed by atoms with van der Waals surface area (Å²) in [6, 6.07) is 0. The number of carbonyl (C=O) groups excluding carboxylic acids is 1. The molecule has 12 heavy (non-hydrogen) atoms. The minimum atomic E-state index is -0.0429. The van der Waals surface area contributed by atoms with Crippen LogP contribution < -0.4 is 4.90 Å². The molecule has 0 spiro atoms. The van der Waals surface area contributed by atoms with Crippen molar-refractivity contribution in [2.24, 2.45) is 0 Å². The third-order valence-electron chi connectivity index (χ3n) is 1.04. The van der Waals surface area contributed by atoms with Crippen LogP contribution in [0.1, 0.15) is 0 Å². The van der Waals surface area contributed by atoms with Crippen LogP contribution in [0.4, 0.5) is 5.95 Å². The minimum absolute atomic E-state index is 0.0429. The number of aromatic nitrogens is 3. The van der Waals surface area contributed by atoms with Crippen LogP contribution in [0.5, 0.6) is 0 Å². The molecule has 1 heterocycles. The summed E-state index contributed by atoms with van der Waals surface area (Å²) in [6.45, 7) is 0. The van der Waals surface area contributed by atoms with Crippen LogP contribution in [0.25, 0.3) is 0 Å². The molecule has 64 valence electrons. The molecule has 0 atom stereocenters. The van der Waals surface area contributed by atoms with E-state index in [1.807, 2.05) is 0 Å². The summed E-state index contributed by atoms with van der Waals surface area (Å²) in [5.41, 5.74) is 0. The van der Waals surface area contributed by atoms with Gasteiger partial charge in [-0.1, -0.05) is 0 Å². The van der Waals surface area contributed by atoms with E-state index < -0.39 is 0 Å². The minimum Gasteiger partial charge on any atom is -0.286 e. The predicted octanol–water partition coefficient (Wildman–Crippen LogP) is 0.771. The van der Waals surface area contributed by atoms with Crippen LogP contribution in [0.3, 0.4) is 0 Å². The van der Waals surface area contributed by atoms with Crippen molar-refractivity contribution < 1.29 is 4.79 Å². The van der Waals surface area contributed by atoms with Gasteiger partial charge < -0.3 is 0 Å². The lowest BCUT2D eigenvalue weighted by molar-refractivity contribution is -0.107. The van der Waals surface area contributed by atoms with Crippen LogP contribution in [0.15, 0.2) is 0 Å². The fraction of sp³-hybridized carbons (Fsp3) is 0.200. The lowest BCUT2D eigenvalue weighted by atomic mass is 10.8. The van der Waals surface area contributed by atoms with Crippen molar-refractivity contribution in [3.05, 3.63) is 10.6 Å². The molecule has 0 saturated heterocycles. The van der Waals surface area contributed by atoms with Gasteiger partial charge in [0.2, 0.25) is 22.9 Å². The van der Waals surface area contributed by atoms with E-state index in [1.165, 1.54) is 7.05 Å². The third kappa shape index (κ3) is 2.02. The quantitative estimate of drug-likeness (QED) is 0.672. The van der Waals surface area contributed by atoms with Gasteiger partial charge in [0.15, 0.2) is 0 Å². The molecule has 7 heteroatoms. The first-order valence-electron chi connectivity index (χ1n) is 2.88. The van der Waals surface area contributed by atoms with Crippen LogP contribution >= 0.6 is 23.2 Å². The third-order valence-corrected chi connectivity index (χ3v) is 1.38. The predicted molar refractivity (Wildman–Crippen MR) is 44.3 cm³/mol. The second kappa shape index (κ2) is 3.64. The highest BCUT2D eigenvalue weighted by atomic mass is 35.5. The zero-order valence-corrected chi connectivity index (χ0v) is 7.54. The maximum Gasteiger partial charge on any atom is 0.237 e. The Morgan fingerprint density at radius 1 is 1.25 bits per heavy atom. The van der Waals surface area contributed by atoms with E-state index >= 15 is 0 Å². The first-order chi connectivity index (χ1) is 5.63. The first-order valence-corrected chi connectivity index (χ1v) is 3.64. The van der Waals surface area contributed by atoms with E-state index in [0.29, 0.717) is 6.41 Å². The van der Waals surface area contributed by atoms with E-state index in [9.17, 15) is 4.79 Å². The van der Waals surface area contributed by atoms with E-state index in [4.69, 9.17) is 23.2 Å². The molecule has 0 saturated carbocycles. The lowest BCUT2D eigenvalue weighted by Crippen LogP contribution is -2.17. The number of halogens is 2. The summed E-state index contributed by atoms with van der Waals surface area (Å²) < 4.78 is 0. The van der Waals surface area contributed by atoms with Crippen molar-refractivity contribution in [2.75, 3.05) is 11.9 Å². The van der Waals surface area contributed by atoms with Crippen LogP contribution in [-0.2, 0) is 4.79 Å². The van der Waals surface area contributed by atoms with E-state index in [1.54, 1.807) is 0 Å². The van der Waals surface area contributed by atoms with Gasteiger partial charge in [-0.3, -0.25) is 9.69 Å². The standard InChI is InChI=1S/C5H4Cl2N4O/c1-11(2-12)5-9-3(6)8-4(7)10-5/h2H,1H3. The lowest BCUT2D eigenvalue weighted by Gasteiger charge is -2.06. The molecule has 1 amide bonds. The van der Waals surface area contributed by atoms with Gasteiger partial charge in [0.1, 0.15) is 0 Å². The van der Waals surface area contributed by atoms with E-state index in [2.05, 4.69) is 15.0 Å². The van der Waals surface area contributed by atoms with Crippen LogP contribution in [0, 0.1) is 0 Å². The number of nitrogens with zero attached hydrogens (tertiary/aromatic N) is 4. The molecule has 0 aliphatic carbocycles. The largest absolute Gasteiger partial charge is 0.286 e. The summed E-state index contributed by atoms with van der Waals surface area (Å²) in [5.74, 6) is 0.120. The molecule has 5 nitrogen and oxygen atoms in total. The van der Waals surface area contributed by atoms with Gasteiger partial charge in [0, 0.05) is 7.05 Å². The van der Waals surface area contributed by atoms with Crippen LogP contribution in [-0.4, -0.2) is 28.4 Å². The van der Waals surface area contributed by atoms with Crippen molar-refractivity contribution in [1.29, 1.82) is 0 Å². The highest BCUT2D eigenvalue weighted by molar-refractivity contribution is 6.31. The Morgan fingerprint density at radius 2 is 1.75 bits per heavy atom. The molecule has 0 aromatic carbocycles. The molecule has 0 aliphatic rings. The van der Waals surface area contributed by atoms with Crippen molar-refractivity contribution in [2.45, 2.75) is 0 Å². The zero-order valence-electron chi connectivity index (χ0n) is 6.03. The monoisotopic (exact) mass is 206 g/mol. The van der Waals surface area contributed by atoms with Crippen molar-refractivity contribution in [3.8, 4) is 0 Å². The number of anilines is 1. The average Bonchev–Trinajstić information content (AvgIpc) is 2.01. The molecule has 1 rings (SSSR count). The zero-order chi connectivity index (χ0) is 9.14. The number of hydrogen-bond donors (Lipinski definition) is 0. The summed E-state index contributed by atoms with van der Waals surface area (Å²) in [7, 11) is 1.48. The Balaban J connectivity index is 3.08. The fourth-order valence-electron chi connectivity index (χ4n) is 0.521. The number of hydrogen-bond acceptors (Lipinski definition) is 4. The van der Waals surface area contributed by atoms with Gasteiger partial charge in [-0.2, -0.15) is 15.0 Å². The molecule has 1 aromatic heterocycles. The molecular weight excluding hydrogens is 203 g/mol. The van der Waals surface area contributed by atoms with Crippen molar-refractivity contribution in [1.82, 2.24) is 15.0 Å². The van der Waals surface area contributed by atoms with Gasteiger partial charge in [-0.05, 0) is 23.2 Å². The number of carbonyl (C=O) groups is 1. The van der Waals surface area contributed by atoms with Gasteiger partial charge in [-0.15, -0.1) is 0 Å². The van der Waals surface area contributed by atoms with Crippen LogP contribution in [0.2, 0.25) is 10.6 Å². The fourth-order valence-corrected chi connectivity index (χ4v) is 0.876. The Bertz CT molecular complexity index is 285. The van der Waals surface area contributed by atoms with Crippen molar-refractivity contribution >= 4 is 35.6 Å². The highest BCUT2D eigenvalue weighted by Crippen LogP contribution is 2.10. The molecule has 0 unspecified atom stereocenters. The Kier molecular flexibility index (Phi) is 2.78. The second-order valence-electron chi connectivity index (χ2n) is 1.89. The maximum absolute atomic E-state index is 10.3. The smallest absolute Gasteiger partial charge is 0.237 e. The maximum atomic E-state index is 10.3. The normalized spacial score (nSPS) is 9.58. The SMILES string of the molecule is CN(C=O)c1nc(Cl)nc(Cl)n1. The van der Waals surface area contributed by atoms with Gasteiger partial charge in [0.25, 0.3) is 0 Å². The number of rotatable bonds is 2. The molecule has 0 radical (unpaired) electrons. The topological polar surface area (TPSA) is 59.0 Å². The Labute approximate surface area is 78.3 Å². The summed E-state index contributed by atoms with van der Waals surface area (Å²) in [4.78, 5) is 22.2. The van der Waals surface area contributed by atoms with E-state index in [-0.39, 0.29) is 16.5 Å². The first kappa shape index (κ1) is 9.15. The Morgan fingerprint density at radius 3 is 2.17 bits per heavy atom. The average molecular weight is 207 g/mol. The summed E-state index contributed by atoms with van der Waals surface area (Å²) >= 11 is 10.9. The molecule has 0 bridgehead atoms. The summed E-state index contributed by atoms with van der Waals surface area (Å²) in [5, 5.41) is -0.0857. The highest BCUT2D eigenvalue weighted by Gasteiger charge is 2.06. The molecule has 0 fully saturated rings.